The predicted molar refractivity (Wildman–Crippen MR) is 72.2 cm³/mol. The van der Waals surface area contributed by atoms with E-state index in [1.54, 1.807) is 0 Å². The number of hydrogen-bond acceptors (Lipinski definition) is 2. The van der Waals surface area contributed by atoms with E-state index in [1.807, 2.05) is 0 Å². The highest BCUT2D eigenvalue weighted by atomic mass is 35.5. The first-order valence-corrected chi connectivity index (χ1v) is 6.87. The molecule has 1 fully saturated rings. The van der Waals surface area contributed by atoms with E-state index >= 15 is 0 Å². The number of rotatable bonds is 3. The number of methoxy groups -OCH3 is 1. The highest BCUT2D eigenvalue weighted by Crippen LogP contribution is 2.48. The van der Waals surface area contributed by atoms with Crippen molar-refractivity contribution in [2.75, 3.05) is 13.7 Å². The molecule has 0 atom stereocenters. The van der Waals surface area contributed by atoms with Crippen molar-refractivity contribution in [2.24, 2.45) is 5.73 Å². The second kappa shape index (κ2) is 5.45. The van der Waals surface area contributed by atoms with Crippen molar-refractivity contribution in [3.05, 3.63) is 28.3 Å². The minimum absolute atomic E-state index is 0.0871. The van der Waals surface area contributed by atoms with E-state index < -0.39 is 11.7 Å². The number of benzene rings is 1. The SMILES string of the molecule is COc1cc(C(F)(F)F)cc(Cl)c1C1(CN)CCCC1. The van der Waals surface area contributed by atoms with Gasteiger partial charge in [0, 0.05) is 22.5 Å². The molecule has 0 spiro atoms. The van der Waals surface area contributed by atoms with Gasteiger partial charge in [-0.25, -0.2) is 0 Å². The van der Waals surface area contributed by atoms with Crippen LogP contribution in [0, 0.1) is 0 Å². The third-order valence-corrected chi connectivity index (χ3v) is 4.38. The lowest BCUT2D eigenvalue weighted by Gasteiger charge is -2.31. The number of ether oxygens (including phenoxy) is 1. The number of nitrogens with two attached hydrogens (primary N) is 1. The molecule has 0 heterocycles. The van der Waals surface area contributed by atoms with Gasteiger partial charge in [-0.1, -0.05) is 24.4 Å². The summed E-state index contributed by atoms with van der Waals surface area (Å²) in [5, 5.41) is 0.0871. The quantitative estimate of drug-likeness (QED) is 0.911. The average Bonchev–Trinajstić information content (AvgIpc) is 2.86. The monoisotopic (exact) mass is 307 g/mol. The van der Waals surface area contributed by atoms with Gasteiger partial charge in [-0.05, 0) is 25.0 Å². The molecular formula is C14H17ClF3NO. The van der Waals surface area contributed by atoms with Crippen LogP contribution < -0.4 is 10.5 Å². The maximum atomic E-state index is 12.8. The first kappa shape index (κ1) is 15.4. The van der Waals surface area contributed by atoms with Crippen molar-refractivity contribution in [1.29, 1.82) is 0 Å². The van der Waals surface area contributed by atoms with E-state index in [-0.39, 0.29) is 16.2 Å². The Bertz CT molecular complexity index is 496. The Balaban J connectivity index is 2.59. The predicted octanol–water partition coefficient (Wildman–Crippen LogP) is 4.14. The molecule has 112 valence electrons. The first-order valence-electron chi connectivity index (χ1n) is 6.49. The minimum atomic E-state index is -4.44. The fourth-order valence-electron chi connectivity index (χ4n) is 3.03. The fourth-order valence-corrected chi connectivity index (χ4v) is 3.44. The van der Waals surface area contributed by atoms with Crippen LogP contribution in [0.15, 0.2) is 12.1 Å². The molecule has 1 saturated carbocycles. The zero-order chi connectivity index (χ0) is 15.0. The molecule has 1 aromatic carbocycles. The van der Waals surface area contributed by atoms with E-state index in [0.717, 1.165) is 37.8 Å². The summed E-state index contributed by atoms with van der Waals surface area (Å²) < 4.78 is 43.7. The normalized spacial score (nSPS) is 18.3. The largest absolute Gasteiger partial charge is 0.496 e. The molecule has 20 heavy (non-hydrogen) atoms. The maximum Gasteiger partial charge on any atom is 0.416 e. The van der Waals surface area contributed by atoms with Gasteiger partial charge in [0.15, 0.2) is 0 Å². The molecule has 0 saturated heterocycles. The number of hydrogen-bond donors (Lipinski definition) is 1. The smallest absolute Gasteiger partial charge is 0.416 e. The lowest BCUT2D eigenvalue weighted by Crippen LogP contribution is -2.33. The summed E-state index contributed by atoms with van der Waals surface area (Å²) in [4.78, 5) is 0. The molecule has 1 aromatic rings. The molecule has 0 radical (unpaired) electrons. The van der Waals surface area contributed by atoms with Crippen LogP contribution in [0.1, 0.15) is 36.8 Å². The standard InChI is InChI=1S/C14H17ClF3NO/c1-20-11-7-9(14(16,17)18)6-10(15)12(11)13(8-19)4-2-3-5-13/h6-7H,2-5,8,19H2,1H3. The molecule has 2 nitrogen and oxygen atoms in total. The summed E-state index contributed by atoms with van der Waals surface area (Å²) in [5.74, 6) is 0.178. The molecule has 0 amide bonds. The summed E-state index contributed by atoms with van der Waals surface area (Å²) in [7, 11) is 1.36. The molecule has 0 unspecified atom stereocenters. The van der Waals surface area contributed by atoms with Crippen molar-refractivity contribution in [3.63, 3.8) is 0 Å². The lowest BCUT2D eigenvalue weighted by molar-refractivity contribution is -0.137. The van der Waals surface area contributed by atoms with Gasteiger partial charge in [-0.2, -0.15) is 13.2 Å². The second-order valence-electron chi connectivity index (χ2n) is 5.22. The van der Waals surface area contributed by atoms with Crippen LogP contribution >= 0.6 is 11.6 Å². The van der Waals surface area contributed by atoms with Gasteiger partial charge >= 0.3 is 6.18 Å². The number of alkyl halides is 3. The first-order chi connectivity index (χ1) is 9.34. The molecule has 0 aliphatic heterocycles. The van der Waals surface area contributed by atoms with Crippen LogP contribution in [0.25, 0.3) is 0 Å². The highest BCUT2D eigenvalue weighted by Gasteiger charge is 2.40. The Hall–Kier alpha value is -0.940. The van der Waals surface area contributed by atoms with Gasteiger partial charge in [0.25, 0.3) is 0 Å². The van der Waals surface area contributed by atoms with E-state index in [9.17, 15) is 13.2 Å². The van der Waals surface area contributed by atoms with Gasteiger partial charge in [0.1, 0.15) is 5.75 Å². The zero-order valence-corrected chi connectivity index (χ0v) is 11.9. The molecule has 1 aliphatic carbocycles. The lowest BCUT2D eigenvalue weighted by atomic mass is 9.78. The van der Waals surface area contributed by atoms with E-state index in [0.29, 0.717) is 12.1 Å². The Labute approximate surface area is 121 Å². The van der Waals surface area contributed by atoms with E-state index in [2.05, 4.69) is 0 Å². The van der Waals surface area contributed by atoms with Crippen molar-refractivity contribution in [1.82, 2.24) is 0 Å². The molecule has 0 aromatic heterocycles. The summed E-state index contributed by atoms with van der Waals surface area (Å²) in [6.07, 6.45) is -0.799. The van der Waals surface area contributed by atoms with Crippen LogP contribution in [0.5, 0.6) is 5.75 Å². The summed E-state index contributed by atoms with van der Waals surface area (Å²) in [5.41, 5.74) is 5.33. The second-order valence-corrected chi connectivity index (χ2v) is 5.63. The van der Waals surface area contributed by atoms with Gasteiger partial charge in [0.2, 0.25) is 0 Å². The highest BCUT2D eigenvalue weighted by molar-refractivity contribution is 6.31. The summed E-state index contributed by atoms with van der Waals surface area (Å²) in [6, 6.07) is 1.98. The molecule has 2 N–H and O–H groups in total. The van der Waals surface area contributed by atoms with Crippen molar-refractivity contribution in [3.8, 4) is 5.75 Å². The number of halogens is 4. The van der Waals surface area contributed by atoms with Gasteiger partial charge in [-0.15, -0.1) is 0 Å². The Morgan fingerprint density at radius 3 is 2.35 bits per heavy atom. The molecule has 6 heteroatoms. The van der Waals surface area contributed by atoms with Crippen molar-refractivity contribution >= 4 is 11.6 Å². The van der Waals surface area contributed by atoms with Crippen LogP contribution in [0.3, 0.4) is 0 Å². The summed E-state index contributed by atoms with van der Waals surface area (Å²) >= 11 is 6.13. The molecule has 2 rings (SSSR count). The third kappa shape index (κ3) is 2.61. The van der Waals surface area contributed by atoms with Gasteiger partial charge in [0.05, 0.1) is 12.7 Å². The van der Waals surface area contributed by atoms with Crippen molar-refractivity contribution < 1.29 is 17.9 Å². The molecule has 0 bridgehead atoms. The van der Waals surface area contributed by atoms with Gasteiger partial charge < -0.3 is 10.5 Å². The Kier molecular flexibility index (Phi) is 4.21. The third-order valence-electron chi connectivity index (χ3n) is 4.08. The Morgan fingerprint density at radius 1 is 1.30 bits per heavy atom. The van der Waals surface area contributed by atoms with Crippen LogP contribution in [-0.2, 0) is 11.6 Å². The van der Waals surface area contributed by atoms with Crippen molar-refractivity contribution in [2.45, 2.75) is 37.3 Å². The van der Waals surface area contributed by atoms with Crippen LogP contribution in [-0.4, -0.2) is 13.7 Å². The maximum absolute atomic E-state index is 12.8. The molecule has 1 aliphatic rings. The average molecular weight is 308 g/mol. The van der Waals surface area contributed by atoms with Crippen LogP contribution in [0.2, 0.25) is 5.02 Å². The molecular weight excluding hydrogens is 291 g/mol. The van der Waals surface area contributed by atoms with Crippen LogP contribution in [0.4, 0.5) is 13.2 Å². The minimum Gasteiger partial charge on any atom is -0.496 e. The zero-order valence-electron chi connectivity index (χ0n) is 11.2. The summed E-state index contributed by atoms with van der Waals surface area (Å²) in [6.45, 7) is 0.356. The topological polar surface area (TPSA) is 35.2 Å². The fraction of sp³-hybridized carbons (Fsp3) is 0.571. The van der Waals surface area contributed by atoms with Gasteiger partial charge in [-0.3, -0.25) is 0 Å². The van der Waals surface area contributed by atoms with E-state index in [1.165, 1.54) is 7.11 Å². The van der Waals surface area contributed by atoms with E-state index in [4.69, 9.17) is 22.1 Å². The Morgan fingerprint density at radius 2 is 1.90 bits per heavy atom.